The molecule has 1 heterocycles. The lowest BCUT2D eigenvalue weighted by atomic mass is 9.97. The molecule has 0 saturated carbocycles. The Hall–Kier alpha value is -2.13. The van der Waals surface area contributed by atoms with Gasteiger partial charge in [-0.15, -0.1) is 0 Å². The number of hydrogen-bond acceptors (Lipinski definition) is 3. The first-order valence-corrected chi connectivity index (χ1v) is 9.29. The zero-order chi connectivity index (χ0) is 17.5. The quantitative estimate of drug-likeness (QED) is 0.614. The Morgan fingerprint density at radius 1 is 1.12 bits per heavy atom. The first kappa shape index (κ1) is 17.7. The van der Waals surface area contributed by atoms with Crippen molar-refractivity contribution >= 4 is 5.78 Å². The summed E-state index contributed by atoms with van der Waals surface area (Å²) in [4.78, 5) is 12.7. The fourth-order valence-electron chi connectivity index (χ4n) is 3.14. The van der Waals surface area contributed by atoms with E-state index in [1.54, 1.807) is 0 Å². The van der Waals surface area contributed by atoms with Gasteiger partial charge in [0.15, 0.2) is 12.1 Å². The van der Waals surface area contributed by atoms with E-state index in [-0.39, 0.29) is 12.1 Å². The van der Waals surface area contributed by atoms with E-state index in [1.807, 2.05) is 48.5 Å². The van der Waals surface area contributed by atoms with Crippen LogP contribution in [0.2, 0.25) is 0 Å². The molecular weight excluding hydrogens is 312 g/mol. The smallest absolute Gasteiger partial charge is 0.199 e. The highest BCUT2D eigenvalue weighted by molar-refractivity contribution is 6.00. The van der Waals surface area contributed by atoms with E-state index < -0.39 is 0 Å². The van der Waals surface area contributed by atoms with Gasteiger partial charge in [-0.05, 0) is 30.9 Å². The summed E-state index contributed by atoms with van der Waals surface area (Å²) in [6, 6.07) is 15.9. The topological polar surface area (TPSA) is 35.5 Å². The van der Waals surface area contributed by atoms with Crippen LogP contribution >= 0.6 is 0 Å². The summed E-state index contributed by atoms with van der Waals surface area (Å²) in [6.45, 7) is 2.82. The van der Waals surface area contributed by atoms with E-state index in [0.29, 0.717) is 17.7 Å². The second-order valence-corrected chi connectivity index (χ2v) is 6.49. The lowest BCUT2D eigenvalue weighted by molar-refractivity contribution is -0.105. The molecule has 1 unspecified atom stereocenters. The summed E-state index contributed by atoms with van der Waals surface area (Å²) in [5, 5.41) is 0. The number of Topliss-reactive ketones (excluding diaryl/α,β-unsaturated/α-hetero) is 1. The number of unbranched alkanes of at least 4 members (excludes halogenated alkanes) is 1. The van der Waals surface area contributed by atoms with Crippen molar-refractivity contribution in [2.45, 2.75) is 51.7 Å². The van der Waals surface area contributed by atoms with Crippen LogP contribution in [0.1, 0.15) is 55.8 Å². The molecule has 0 N–H and O–H groups in total. The highest BCUT2D eigenvalue weighted by atomic mass is 16.7. The van der Waals surface area contributed by atoms with Crippen molar-refractivity contribution in [3.63, 3.8) is 0 Å². The van der Waals surface area contributed by atoms with Crippen LogP contribution in [0.15, 0.2) is 48.5 Å². The van der Waals surface area contributed by atoms with Gasteiger partial charge in [-0.1, -0.05) is 55.8 Å². The average Bonchev–Trinajstić information content (AvgIpc) is 2.68. The van der Waals surface area contributed by atoms with Crippen LogP contribution in [-0.4, -0.2) is 18.7 Å². The van der Waals surface area contributed by atoms with Crippen LogP contribution in [-0.2, 0) is 4.74 Å². The molecule has 2 aromatic rings. The summed E-state index contributed by atoms with van der Waals surface area (Å²) in [5.74, 6) is 0.812. The van der Waals surface area contributed by atoms with E-state index in [9.17, 15) is 4.79 Å². The predicted molar refractivity (Wildman–Crippen MR) is 100.0 cm³/mol. The second kappa shape index (κ2) is 8.82. The number of para-hydroxylation sites is 1. The van der Waals surface area contributed by atoms with Gasteiger partial charge < -0.3 is 9.47 Å². The second-order valence-electron chi connectivity index (χ2n) is 6.49. The highest BCUT2D eigenvalue weighted by Crippen LogP contribution is 2.36. The zero-order valence-electron chi connectivity index (χ0n) is 14.9. The van der Waals surface area contributed by atoms with E-state index in [1.165, 1.54) is 0 Å². The molecule has 132 valence electrons. The highest BCUT2D eigenvalue weighted by Gasteiger charge is 2.22. The zero-order valence-corrected chi connectivity index (χ0v) is 14.9. The Labute approximate surface area is 150 Å². The molecule has 25 heavy (non-hydrogen) atoms. The Kier molecular flexibility index (Phi) is 6.24. The third-order valence-corrected chi connectivity index (χ3v) is 4.54. The Bertz CT molecular complexity index is 688. The van der Waals surface area contributed by atoms with Crippen LogP contribution in [0.3, 0.4) is 0 Å². The van der Waals surface area contributed by atoms with Gasteiger partial charge in [0.2, 0.25) is 0 Å². The van der Waals surface area contributed by atoms with Crippen molar-refractivity contribution in [1.29, 1.82) is 0 Å². The summed E-state index contributed by atoms with van der Waals surface area (Å²) in [5.41, 5.74) is 2.68. The van der Waals surface area contributed by atoms with Crippen LogP contribution in [0, 0.1) is 0 Å². The van der Waals surface area contributed by atoms with Crippen molar-refractivity contribution in [3.05, 3.63) is 54.1 Å². The SMILES string of the molecule is CCCCC(=O)c1cccc(-c2ccccc2)c1OC1CCCCO1. The molecule has 0 amide bonds. The number of carbonyl (C=O) groups is 1. The van der Waals surface area contributed by atoms with Gasteiger partial charge in [-0.3, -0.25) is 4.79 Å². The average molecular weight is 338 g/mol. The van der Waals surface area contributed by atoms with Gasteiger partial charge in [0.25, 0.3) is 0 Å². The summed E-state index contributed by atoms with van der Waals surface area (Å²) in [7, 11) is 0. The van der Waals surface area contributed by atoms with Gasteiger partial charge in [-0.2, -0.15) is 0 Å². The fourth-order valence-corrected chi connectivity index (χ4v) is 3.14. The molecule has 3 rings (SSSR count). The van der Waals surface area contributed by atoms with E-state index in [2.05, 4.69) is 6.92 Å². The lowest BCUT2D eigenvalue weighted by Gasteiger charge is -2.26. The fraction of sp³-hybridized carbons (Fsp3) is 0.409. The Balaban J connectivity index is 1.97. The lowest BCUT2D eigenvalue weighted by Crippen LogP contribution is -2.26. The largest absolute Gasteiger partial charge is 0.464 e. The molecule has 3 heteroatoms. The third-order valence-electron chi connectivity index (χ3n) is 4.54. The van der Waals surface area contributed by atoms with Gasteiger partial charge in [0.1, 0.15) is 5.75 Å². The summed E-state index contributed by atoms with van der Waals surface area (Å²) in [6.07, 6.45) is 5.22. The van der Waals surface area contributed by atoms with Crippen molar-refractivity contribution < 1.29 is 14.3 Å². The van der Waals surface area contributed by atoms with E-state index >= 15 is 0 Å². The summed E-state index contributed by atoms with van der Waals surface area (Å²) < 4.78 is 12.0. The molecule has 1 aliphatic rings. The normalized spacial score (nSPS) is 17.2. The molecule has 1 aliphatic heterocycles. The number of hydrogen-bond donors (Lipinski definition) is 0. The van der Waals surface area contributed by atoms with Crippen molar-refractivity contribution in [2.24, 2.45) is 0 Å². The van der Waals surface area contributed by atoms with Crippen molar-refractivity contribution in [2.75, 3.05) is 6.61 Å². The van der Waals surface area contributed by atoms with Crippen molar-refractivity contribution in [3.8, 4) is 16.9 Å². The first-order valence-electron chi connectivity index (χ1n) is 9.29. The Morgan fingerprint density at radius 3 is 2.68 bits per heavy atom. The van der Waals surface area contributed by atoms with Crippen molar-refractivity contribution in [1.82, 2.24) is 0 Å². The molecule has 0 aromatic heterocycles. The standard InChI is InChI=1S/C22H26O3/c1-2-3-14-20(23)19-13-9-12-18(17-10-5-4-6-11-17)22(19)25-21-15-7-8-16-24-21/h4-6,9-13,21H,2-3,7-8,14-16H2,1H3. The van der Waals surface area contributed by atoms with Crippen LogP contribution in [0.25, 0.3) is 11.1 Å². The molecule has 1 saturated heterocycles. The number of ether oxygens (including phenoxy) is 2. The molecule has 0 aliphatic carbocycles. The molecule has 1 atom stereocenters. The summed E-state index contributed by atoms with van der Waals surface area (Å²) >= 11 is 0. The number of benzene rings is 2. The molecular formula is C22H26O3. The number of ketones is 1. The molecule has 0 radical (unpaired) electrons. The van der Waals surface area contributed by atoms with Crippen LogP contribution < -0.4 is 4.74 Å². The first-order chi connectivity index (χ1) is 12.3. The van der Waals surface area contributed by atoms with Crippen LogP contribution in [0.5, 0.6) is 5.75 Å². The molecule has 0 bridgehead atoms. The minimum atomic E-state index is -0.267. The van der Waals surface area contributed by atoms with Gasteiger partial charge in [-0.25, -0.2) is 0 Å². The number of carbonyl (C=O) groups excluding carboxylic acids is 1. The monoisotopic (exact) mass is 338 g/mol. The van der Waals surface area contributed by atoms with Crippen LogP contribution in [0.4, 0.5) is 0 Å². The van der Waals surface area contributed by atoms with Gasteiger partial charge in [0.05, 0.1) is 12.2 Å². The van der Waals surface area contributed by atoms with E-state index in [0.717, 1.165) is 49.8 Å². The third kappa shape index (κ3) is 4.49. The minimum Gasteiger partial charge on any atom is -0.464 e. The molecule has 1 fully saturated rings. The maximum Gasteiger partial charge on any atom is 0.199 e. The molecule has 2 aromatic carbocycles. The molecule has 0 spiro atoms. The maximum atomic E-state index is 12.7. The number of rotatable bonds is 7. The van der Waals surface area contributed by atoms with Gasteiger partial charge in [0, 0.05) is 18.4 Å². The minimum absolute atomic E-state index is 0.144. The maximum absolute atomic E-state index is 12.7. The Morgan fingerprint density at radius 2 is 1.96 bits per heavy atom. The van der Waals surface area contributed by atoms with Gasteiger partial charge >= 0.3 is 0 Å². The molecule has 3 nitrogen and oxygen atoms in total. The predicted octanol–water partition coefficient (Wildman–Crippen LogP) is 5.63. The van der Waals surface area contributed by atoms with E-state index in [4.69, 9.17) is 9.47 Å².